The van der Waals surface area contributed by atoms with Crippen LogP contribution in [0.3, 0.4) is 0 Å². The number of β-amino-alcohol motifs (C(OH)–C–C–N with tert-alkyl or cyclic N) is 2. The molecule has 1 aromatic rings. The summed E-state index contributed by atoms with van der Waals surface area (Å²) in [5, 5.41) is 19.2. The molecule has 5 heteroatoms. The van der Waals surface area contributed by atoms with Crippen molar-refractivity contribution in [2.75, 3.05) is 26.2 Å². The van der Waals surface area contributed by atoms with E-state index in [1.807, 2.05) is 4.90 Å². The molecule has 1 aliphatic rings. The molecule has 1 heterocycles. The number of nitrogens with zero attached hydrogens (tertiary/aromatic N) is 1. The van der Waals surface area contributed by atoms with E-state index in [0.717, 1.165) is 13.0 Å². The van der Waals surface area contributed by atoms with E-state index < -0.39 is 6.10 Å². The SMILES string of the molecule is OC(COCc1ccccc1F)CN1CC[C@H](O)C1. The number of ether oxygens (including phenoxy) is 1. The third kappa shape index (κ3) is 4.54. The van der Waals surface area contributed by atoms with Crippen molar-refractivity contribution < 1.29 is 19.3 Å². The largest absolute Gasteiger partial charge is 0.392 e. The Labute approximate surface area is 112 Å². The molecule has 2 N–H and O–H groups in total. The molecule has 4 nitrogen and oxygen atoms in total. The number of aliphatic hydroxyl groups is 2. The lowest BCUT2D eigenvalue weighted by Crippen LogP contribution is -2.34. The molecule has 0 saturated carbocycles. The van der Waals surface area contributed by atoms with Crippen LogP contribution in [0.2, 0.25) is 0 Å². The number of hydrogen-bond acceptors (Lipinski definition) is 4. The summed E-state index contributed by atoms with van der Waals surface area (Å²) in [6, 6.07) is 6.44. The van der Waals surface area contributed by atoms with Gasteiger partial charge in [0, 0.05) is 25.2 Å². The second-order valence-electron chi connectivity index (χ2n) is 4.96. The Balaban J connectivity index is 1.66. The van der Waals surface area contributed by atoms with Crippen LogP contribution in [0.25, 0.3) is 0 Å². The van der Waals surface area contributed by atoms with E-state index in [4.69, 9.17) is 4.74 Å². The van der Waals surface area contributed by atoms with Crippen molar-refractivity contribution in [1.29, 1.82) is 0 Å². The minimum Gasteiger partial charge on any atom is -0.392 e. The summed E-state index contributed by atoms with van der Waals surface area (Å²) in [4.78, 5) is 2.00. The molecule has 0 bridgehead atoms. The van der Waals surface area contributed by atoms with E-state index in [0.29, 0.717) is 18.7 Å². The third-order valence-electron chi connectivity index (χ3n) is 3.24. The van der Waals surface area contributed by atoms with Gasteiger partial charge in [0.05, 0.1) is 25.4 Å². The first kappa shape index (κ1) is 14.4. The average molecular weight is 269 g/mol. The van der Waals surface area contributed by atoms with Crippen LogP contribution in [-0.4, -0.2) is 53.6 Å². The van der Waals surface area contributed by atoms with Crippen molar-refractivity contribution in [1.82, 2.24) is 4.90 Å². The summed E-state index contributed by atoms with van der Waals surface area (Å²) >= 11 is 0. The summed E-state index contributed by atoms with van der Waals surface area (Å²) in [5.41, 5.74) is 0.492. The average Bonchev–Trinajstić information content (AvgIpc) is 2.77. The van der Waals surface area contributed by atoms with Gasteiger partial charge in [-0.15, -0.1) is 0 Å². The smallest absolute Gasteiger partial charge is 0.128 e. The van der Waals surface area contributed by atoms with E-state index in [9.17, 15) is 14.6 Å². The summed E-state index contributed by atoms with van der Waals surface area (Å²) in [5.74, 6) is -0.292. The number of benzene rings is 1. The fourth-order valence-corrected chi connectivity index (χ4v) is 2.25. The molecule has 0 amide bonds. The maximum atomic E-state index is 13.3. The zero-order valence-corrected chi connectivity index (χ0v) is 10.8. The molecule has 1 saturated heterocycles. The minimum atomic E-state index is -0.614. The van der Waals surface area contributed by atoms with Gasteiger partial charge in [0.15, 0.2) is 0 Å². The van der Waals surface area contributed by atoms with Crippen molar-refractivity contribution >= 4 is 0 Å². The van der Waals surface area contributed by atoms with Crippen LogP contribution in [0.5, 0.6) is 0 Å². The van der Waals surface area contributed by atoms with Gasteiger partial charge in [-0.25, -0.2) is 4.39 Å². The molecule has 0 aromatic heterocycles. The Morgan fingerprint density at radius 2 is 2.21 bits per heavy atom. The Kier molecular flexibility index (Phi) is 5.27. The topological polar surface area (TPSA) is 52.9 Å². The summed E-state index contributed by atoms with van der Waals surface area (Å²) in [7, 11) is 0. The lowest BCUT2D eigenvalue weighted by Gasteiger charge is -2.19. The third-order valence-corrected chi connectivity index (χ3v) is 3.24. The maximum absolute atomic E-state index is 13.3. The standard InChI is InChI=1S/C14H20FNO3/c15-14-4-2-1-3-11(14)9-19-10-13(18)8-16-6-5-12(17)7-16/h1-4,12-13,17-18H,5-10H2/t12-,13?/m0/s1. The van der Waals surface area contributed by atoms with Gasteiger partial charge in [0.25, 0.3) is 0 Å². The Bertz CT molecular complexity index is 402. The van der Waals surface area contributed by atoms with Crippen LogP contribution in [0.1, 0.15) is 12.0 Å². The van der Waals surface area contributed by atoms with Gasteiger partial charge in [-0.2, -0.15) is 0 Å². The monoisotopic (exact) mass is 269 g/mol. The van der Waals surface area contributed by atoms with Crippen molar-refractivity contribution in [3.05, 3.63) is 35.6 Å². The zero-order chi connectivity index (χ0) is 13.7. The summed E-state index contributed by atoms with van der Waals surface area (Å²) in [6.45, 7) is 2.21. The second kappa shape index (κ2) is 6.96. The predicted octanol–water partition coefficient (Wildman–Crippen LogP) is 0.770. The van der Waals surface area contributed by atoms with Crippen molar-refractivity contribution in [3.8, 4) is 0 Å². The van der Waals surface area contributed by atoms with Crippen LogP contribution in [-0.2, 0) is 11.3 Å². The number of halogens is 1. The van der Waals surface area contributed by atoms with Crippen molar-refractivity contribution in [2.45, 2.75) is 25.2 Å². The summed E-state index contributed by atoms with van der Waals surface area (Å²) in [6.07, 6.45) is -0.147. The maximum Gasteiger partial charge on any atom is 0.128 e. The Hall–Kier alpha value is -1.01. The molecule has 19 heavy (non-hydrogen) atoms. The molecule has 0 radical (unpaired) electrons. The lowest BCUT2D eigenvalue weighted by molar-refractivity contribution is 0.0110. The van der Waals surface area contributed by atoms with E-state index in [1.165, 1.54) is 6.07 Å². The second-order valence-corrected chi connectivity index (χ2v) is 4.96. The van der Waals surface area contributed by atoms with Crippen molar-refractivity contribution in [3.63, 3.8) is 0 Å². The zero-order valence-electron chi connectivity index (χ0n) is 10.8. The minimum absolute atomic E-state index is 0.159. The highest BCUT2D eigenvalue weighted by Gasteiger charge is 2.22. The van der Waals surface area contributed by atoms with Crippen LogP contribution >= 0.6 is 0 Å². The number of likely N-dealkylation sites (tertiary alicyclic amines) is 1. The first-order chi connectivity index (χ1) is 9.15. The fraction of sp³-hybridized carbons (Fsp3) is 0.571. The highest BCUT2D eigenvalue weighted by atomic mass is 19.1. The van der Waals surface area contributed by atoms with Crippen LogP contribution in [0.15, 0.2) is 24.3 Å². The number of aliphatic hydroxyl groups excluding tert-OH is 2. The van der Waals surface area contributed by atoms with E-state index in [1.54, 1.807) is 18.2 Å². The van der Waals surface area contributed by atoms with Gasteiger partial charge in [-0.1, -0.05) is 18.2 Å². The fourth-order valence-electron chi connectivity index (χ4n) is 2.25. The first-order valence-electron chi connectivity index (χ1n) is 6.55. The molecule has 1 fully saturated rings. The molecule has 1 unspecified atom stereocenters. The van der Waals surface area contributed by atoms with Gasteiger partial charge in [-0.05, 0) is 12.5 Å². The van der Waals surface area contributed by atoms with E-state index in [-0.39, 0.29) is 25.1 Å². The molecule has 0 spiro atoms. The molecular weight excluding hydrogens is 249 g/mol. The molecule has 106 valence electrons. The van der Waals surface area contributed by atoms with E-state index >= 15 is 0 Å². The normalized spacial score (nSPS) is 21.7. The van der Waals surface area contributed by atoms with Gasteiger partial charge in [0.1, 0.15) is 5.82 Å². The van der Waals surface area contributed by atoms with Gasteiger partial charge < -0.3 is 14.9 Å². The molecular formula is C14H20FNO3. The first-order valence-corrected chi connectivity index (χ1v) is 6.55. The molecule has 0 aliphatic carbocycles. The molecule has 2 atom stereocenters. The van der Waals surface area contributed by atoms with Crippen molar-refractivity contribution in [2.24, 2.45) is 0 Å². The Morgan fingerprint density at radius 3 is 2.89 bits per heavy atom. The Morgan fingerprint density at radius 1 is 1.42 bits per heavy atom. The van der Waals surface area contributed by atoms with E-state index in [2.05, 4.69) is 0 Å². The number of hydrogen-bond donors (Lipinski definition) is 2. The van der Waals surface area contributed by atoms with Crippen LogP contribution < -0.4 is 0 Å². The summed E-state index contributed by atoms with van der Waals surface area (Å²) < 4.78 is 18.6. The number of rotatable bonds is 6. The predicted molar refractivity (Wildman–Crippen MR) is 69.1 cm³/mol. The van der Waals surface area contributed by atoms with Gasteiger partial charge in [0.2, 0.25) is 0 Å². The van der Waals surface area contributed by atoms with Gasteiger partial charge in [-0.3, -0.25) is 4.90 Å². The lowest BCUT2D eigenvalue weighted by atomic mass is 10.2. The van der Waals surface area contributed by atoms with Crippen LogP contribution in [0.4, 0.5) is 4.39 Å². The van der Waals surface area contributed by atoms with Gasteiger partial charge >= 0.3 is 0 Å². The highest BCUT2D eigenvalue weighted by Crippen LogP contribution is 2.10. The molecule has 1 aromatic carbocycles. The molecule has 1 aliphatic heterocycles. The quantitative estimate of drug-likeness (QED) is 0.801. The van der Waals surface area contributed by atoms with Crippen LogP contribution in [0, 0.1) is 5.82 Å². The molecule has 2 rings (SSSR count). The highest BCUT2D eigenvalue weighted by molar-refractivity contribution is 5.16.